The number of hydrogen-bond acceptors (Lipinski definition) is 2. The maximum Gasteiger partial charge on any atom is 0.231 e. The van der Waals surface area contributed by atoms with Gasteiger partial charge in [-0.3, -0.25) is 9.79 Å². The monoisotopic (exact) mass is 300 g/mol. The van der Waals surface area contributed by atoms with Gasteiger partial charge >= 0.3 is 0 Å². The van der Waals surface area contributed by atoms with Gasteiger partial charge < -0.3 is 15.5 Å². The molecule has 0 bridgehead atoms. The number of guanidine groups is 1. The van der Waals surface area contributed by atoms with E-state index in [1.807, 2.05) is 29.2 Å². The molecule has 1 aliphatic carbocycles. The van der Waals surface area contributed by atoms with Gasteiger partial charge in [0, 0.05) is 32.4 Å². The molecule has 0 radical (unpaired) electrons. The molecule has 1 aromatic carbocycles. The van der Waals surface area contributed by atoms with Gasteiger partial charge in [-0.05, 0) is 30.4 Å². The lowest BCUT2D eigenvalue weighted by atomic mass is 9.85. The number of anilines is 1. The second-order valence-corrected chi connectivity index (χ2v) is 6.03. The Morgan fingerprint density at radius 3 is 2.86 bits per heavy atom. The largest absolute Gasteiger partial charge is 0.356 e. The van der Waals surface area contributed by atoms with E-state index in [-0.39, 0.29) is 5.91 Å². The molecule has 5 heteroatoms. The number of rotatable bonds is 5. The zero-order chi connectivity index (χ0) is 15.4. The number of fused-ring (bicyclic) bond motifs is 1. The molecule has 0 spiro atoms. The number of nitrogens with zero attached hydrogens (tertiary/aromatic N) is 2. The highest BCUT2D eigenvalue weighted by Gasteiger charge is 2.26. The summed E-state index contributed by atoms with van der Waals surface area (Å²) in [6, 6.07) is 8.01. The van der Waals surface area contributed by atoms with Crippen LogP contribution in [0, 0.1) is 5.92 Å². The third-order valence-electron chi connectivity index (χ3n) is 4.56. The quantitative estimate of drug-likeness (QED) is 0.640. The Labute approximate surface area is 131 Å². The van der Waals surface area contributed by atoms with Crippen molar-refractivity contribution in [3.05, 3.63) is 29.8 Å². The van der Waals surface area contributed by atoms with Crippen molar-refractivity contribution in [2.75, 3.05) is 31.6 Å². The van der Waals surface area contributed by atoms with Crippen LogP contribution in [0.1, 0.15) is 24.8 Å². The Morgan fingerprint density at radius 1 is 1.32 bits per heavy atom. The van der Waals surface area contributed by atoms with E-state index >= 15 is 0 Å². The molecule has 1 aromatic rings. The Morgan fingerprint density at radius 2 is 2.14 bits per heavy atom. The Kier molecular flexibility index (Phi) is 4.61. The van der Waals surface area contributed by atoms with Crippen molar-refractivity contribution >= 4 is 17.6 Å². The number of hydrogen-bond donors (Lipinski definition) is 2. The second kappa shape index (κ2) is 6.81. The van der Waals surface area contributed by atoms with Crippen LogP contribution in [0.15, 0.2) is 29.3 Å². The summed E-state index contributed by atoms with van der Waals surface area (Å²) in [4.78, 5) is 18.2. The van der Waals surface area contributed by atoms with E-state index in [0.29, 0.717) is 19.5 Å². The van der Waals surface area contributed by atoms with Crippen molar-refractivity contribution in [2.24, 2.45) is 10.9 Å². The fourth-order valence-corrected chi connectivity index (χ4v) is 3.01. The van der Waals surface area contributed by atoms with Crippen molar-refractivity contribution in [1.82, 2.24) is 10.6 Å². The second-order valence-electron chi connectivity index (χ2n) is 6.03. The highest BCUT2D eigenvalue weighted by atomic mass is 16.2. The van der Waals surface area contributed by atoms with Crippen LogP contribution in [-0.4, -0.2) is 38.5 Å². The molecule has 1 saturated carbocycles. The summed E-state index contributed by atoms with van der Waals surface area (Å²) in [6.07, 6.45) is 4.52. The molecule has 0 saturated heterocycles. The first-order chi connectivity index (χ1) is 10.8. The van der Waals surface area contributed by atoms with E-state index in [1.54, 1.807) is 7.05 Å². The molecule has 0 unspecified atom stereocenters. The number of para-hydroxylation sites is 1. The Hall–Kier alpha value is -2.04. The molecule has 0 aromatic heterocycles. The lowest BCUT2D eigenvalue weighted by Gasteiger charge is -2.26. The molecule has 3 rings (SSSR count). The van der Waals surface area contributed by atoms with Crippen LogP contribution in [-0.2, 0) is 11.2 Å². The fraction of sp³-hybridized carbons (Fsp3) is 0.529. The summed E-state index contributed by atoms with van der Waals surface area (Å²) >= 11 is 0. The van der Waals surface area contributed by atoms with Crippen LogP contribution in [0.25, 0.3) is 0 Å². The zero-order valence-corrected chi connectivity index (χ0v) is 13.1. The number of benzene rings is 1. The van der Waals surface area contributed by atoms with Gasteiger partial charge in [0.25, 0.3) is 0 Å². The van der Waals surface area contributed by atoms with Crippen LogP contribution < -0.4 is 15.5 Å². The van der Waals surface area contributed by atoms with Crippen LogP contribution in [0.2, 0.25) is 0 Å². The highest BCUT2D eigenvalue weighted by Crippen LogP contribution is 2.27. The van der Waals surface area contributed by atoms with Crippen LogP contribution in [0.3, 0.4) is 0 Å². The summed E-state index contributed by atoms with van der Waals surface area (Å²) in [7, 11) is 1.78. The van der Waals surface area contributed by atoms with E-state index in [9.17, 15) is 4.79 Å². The lowest BCUT2D eigenvalue weighted by Crippen LogP contribution is -2.44. The number of carbonyl (C=O) groups excluding carboxylic acids is 1. The molecule has 1 heterocycles. The average Bonchev–Trinajstić information content (AvgIpc) is 2.80. The minimum Gasteiger partial charge on any atom is -0.356 e. The first-order valence-electron chi connectivity index (χ1n) is 8.10. The van der Waals surface area contributed by atoms with Gasteiger partial charge in [0.05, 0.1) is 6.42 Å². The third-order valence-corrected chi connectivity index (χ3v) is 4.56. The summed E-state index contributed by atoms with van der Waals surface area (Å²) < 4.78 is 0. The maximum atomic E-state index is 12.1. The van der Waals surface area contributed by atoms with Gasteiger partial charge in [-0.1, -0.05) is 24.6 Å². The zero-order valence-electron chi connectivity index (χ0n) is 13.1. The van der Waals surface area contributed by atoms with E-state index in [4.69, 9.17) is 0 Å². The van der Waals surface area contributed by atoms with E-state index < -0.39 is 0 Å². The van der Waals surface area contributed by atoms with Crippen molar-refractivity contribution in [1.29, 1.82) is 0 Å². The minimum absolute atomic E-state index is 0.181. The van der Waals surface area contributed by atoms with Gasteiger partial charge in [0.1, 0.15) is 0 Å². The first-order valence-corrected chi connectivity index (χ1v) is 8.10. The average molecular weight is 300 g/mol. The molecule has 118 valence electrons. The molecule has 5 nitrogen and oxygen atoms in total. The smallest absolute Gasteiger partial charge is 0.231 e. The fourth-order valence-electron chi connectivity index (χ4n) is 3.01. The summed E-state index contributed by atoms with van der Waals surface area (Å²) in [5.41, 5.74) is 2.17. The first kappa shape index (κ1) is 14.9. The maximum absolute atomic E-state index is 12.1. The topological polar surface area (TPSA) is 56.7 Å². The molecule has 0 atom stereocenters. The van der Waals surface area contributed by atoms with Crippen molar-refractivity contribution in [2.45, 2.75) is 25.7 Å². The van der Waals surface area contributed by atoms with E-state index in [1.165, 1.54) is 19.3 Å². The molecular formula is C17H24N4O. The van der Waals surface area contributed by atoms with E-state index in [0.717, 1.165) is 29.7 Å². The lowest BCUT2D eigenvalue weighted by molar-refractivity contribution is -0.117. The molecule has 1 fully saturated rings. The predicted octanol–water partition coefficient (Wildman–Crippen LogP) is 1.54. The number of amides is 1. The molecule has 22 heavy (non-hydrogen) atoms. The number of nitrogens with one attached hydrogen (secondary N) is 2. The Bertz CT molecular complexity index is 566. The summed E-state index contributed by atoms with van der Waals surface area (Å²) in [6.45, 7) is 2.36. The summed E-state index contributed by atoms with van der Waals surface area (Å²) in [5, 5.41) is 6.66. The van der Waals surface area contributed by atoms with E-state index in [2.05, 4.69) is 15.6 Å². The predicted molar refractivity (Wildman–Crippen MR) is 89.2 cm³/mol. The molecule has 2 aliphatic rings. The molecular weight excluding hydrogens is 276 g/mol. The molecule has 2 N–H and O–H groups in total. The number of aliphatic imine (C=N–C) groups is 1. The third kappa shape index (κ3) is 3.24. The van der Waals surface area contributed by atoms with Crippen molar-refractivity contribution < 1.29 is 4.79 Å². The van der Waals surface area contributed by atoms with Crippen molar-refractivity contribution in [3.8, 4) is 0 Å². The van der Waals surface area contributed by atoms with Crippen LogP contribution in [0.5, 0.6) is 0 Å². The Balaban J connectivity index is 1.46. The van der Waals surface area contributed by atoms with Gasteiger partial charge in [-0.2, -0.15) is 0 Å². The van der Waals surface area contributed by atoms with Gasteiger partial charge in [-0.25, -0.2) is 0 Å². The van der Waals surface area contributed by atoms with Gasteiger partial charge in [0.15, 0.2) is 5.96 Å². The van der Waals surface area contributed by atoms with Crippen LogP contribution >= 0.6 is 0 Å². The molecule has 1 amide bonds. The van der Waals surface area contributed by atoms with Gasteiger partial charge in [0.2, 0.25) is 5.91 Å². The number of carbonyl (C=O) groups is 1. The standard InChI is InChI=1S/C17H24N4O/c1-18-17(20-12-13-5-4-6-13)19-9-10-21-15-8-3-2-7-14(15)11-16(21)22/h2-3,7-8,13H,4-6,9-12H2,1H3,(H2,18,19,20). The normalized spacial score (nSPS) is 18.1. The minimum atomic E-state index is 0.181. The van der Waals surface area contributed by atoms with Gasteiger partial charge in [-0.15, -0.1) is 0 Å². The molecule has 1 aliphatic heterocycles. The van der Waals surface area contributed by atoms with Crippen molar-refractivity contribution in [3.63, 3.8) is 0 Å². The SMILES string of the molecule is CN=C(NCCN1C(=O)Cc2ccccc21)NCC1CCC1. The summed E-state index contributed by atoms with van der Waals surface area (Å²) in [5.74, 6) is 1.80. The highest BCUT2D eigenvalue weighted by molar-refractivity contribution is 6.01. The van der Waals surface area contributed by atoms with Crippen LogP contribution in [0.4, 0.5) is 5.69 Å².